The van der Waals surface area contributed by atoms with E-state index in [0.29, 0.717) is 19.2 Å². The van der Waals surface area contributed by atoms with Gasteiger partial charge in [-0.1, -0.05) is 19.6 Å². The number of benzene rings is 1. The van der Waals surface area contributed by atoms with Crippen molar-refractivity contribution < 1.29 is 14.6 Å². The molecule has 0 aliphatic carbocycles. The molecule has 0 saturated heterocycles. The fourth-order valence-electron chi connectivity index (χ4n) is 2.69. The summed E-state index contributed by atoms with van der Waals surface area (Å²) in [4.78, 5) is 20.2. The third kappa shape index (κ3) is 4.78. The Kier molecular flexibility index (Phi) is 5.38. The maximum atomic E-state index is 11.3. The summed E-state index contributed by atoms with van der Waals surface area (Å²) in [5.41, 5.74) is 2.52. The van der Waals surface area contributed by atoms with Gasteiger partial charge in [-0.2, -0.15) is 0 Å². The van der Waals surface area contributed by atoms with Gasteiger partial charge < -0.3 is 9.84 Å². The molecule has 3 aromatic rings. The number of hydrogen-bond donors (Lipinski definition) is 1. The minimum Gasteiger partial charge on any atom is -0.478 e. The Morgan fingerprint density at radius 2 is 2.04 bits per heavy atom. The summed E-state index contributed by atoms with van der Waals surface area (Å²) in [5.74, 6) is -0.445. The van der Waals surface area contributed by atoms with Gasteiger partial charge in [0.15, 0.2) is 5.82 Å². The number of aryl methyl sites for hydroxylation is 1. The van der Waals surface area contributed by atoms with Gasteiger partial charge in [0.2, 0.25) is 0 Å². The Morgan fingerprint density at radius 3 is 2.74 bits per heavy atom. The molecule has 142 valence electrons. The number of rotatable bonds is 7. The van der Waals surface area contributed by atoms with Gasteiger partial charge in [0, 0.05) is 31.3 Å². The second kappa shape index (κ2) is 7.57. The fourth-order valence-corrected chi connectivity index (χ4v) is 3.45. The molecule has 0 amide bonds. The van der Waals surface area contributed by atoms with Gasteiger partial charge in [0.1, 0.15) is 13.1 Å². The quantitative estimate of drug-likeness (QED) is 0.492. The second-order valence-corrected chi connectivity index (χ2v) is 13.4. The van der Waals surface area contributed by atoms with E-state index in [-0.39, 0.29) is 5.56 Å². The van der Waals surface area contributed by atoms with E-state index in [0.717, 1.165) is 28.2 Å². The van der Waals surface area contributed by atoms with Crippen LogP contribution in [0.25, 0.3) is 22.3 Å². The number of pyridine rings is 1. The van der Waals surface area contributed by atoms with Gasteiger partial charge in [-0.15, -0.1) is 5.10 Å². The van der Waals surface area contributed by atoms with E-state index in [1.165, 1.54) is 0 Å². The first-order valence-electron chi connectivity index (χ1n) is 8.85. The summed E-state index contributed by atoms with van der Waals surface area (Å²) >= 11 is 0. The molecule has 2 aromatic heterocycles. The molecule has 0 atom stereocenters. The normalized spacial score (nSPS) is 11.9. The van der Waals surface area contributed by atoms with Crippen molar-refractivity contribution in [3.05, 3.63) is 41.9 Å². The highest BCUT2D eigenvalue weighted by Gasteiger charge is 2.14. The van der Waals surface area contributed by atoms with Crippen molar-refractivity contribution in [3.8, 4) is 11.4 Å². The molecule has 1 aromatic carbocycles. The van der Waals surface area contributed by atoms with Gasteiger partial charge in [-0.25, -0.2) is 14.5 Å². The van der Waals surface area contributed by atoms with E-state index in [9.17, 15) is 9.90 Å². The van der Waals surface area contributed by atoms with Crippen LogP contribution in [0.15, 0.2) is 30.6 Å². The van der Waals surface area contributed by atoms with Crippen LogP contribution in [0.2, 0.25) is 25.7 Å². The molecule has 8 heteroatoms. The Morgan fingerprint density at radius 1 is 1.26 bits per heavy atom. The van der Waals surface area contributed by atoms with Crippen LogP contribution < -0.4 is 0 Å². The summed E-state index contributed by atoms with van der Waals surface area (Å²) in [7, 11) is -1.12. The minimum absolute atomic E-state index is 0.212. The summed E-state index contributed by atoms with van der Waals surface area (Å²) in [6.07, 6.45) is 1.63. The topological polar surface area (TPSA) is 90.1 Å². The van der Waals surface area contributed by atoms with Crippen molar-refractivity contribution >= 4 is 24.9 Å². The zero-order chi connectivity index (χ0) is 19.6. The monoisotopic (exact) mass is 384 g/mol. The smallest absolute Gasteiger partial charge is 0.335 e. The second-order valence-electron chi connectivity index (χ2n) is 7.80. The first-order valence-corrected chi connectivity index (χ1v) is 12.6. The third-order valence-corrected chi connectivity index (χ3v) is 5.89. The lowest BCUT2D eigenvalue weighted by atomic mass is 10.0. The standard InChI is InChI=1S/C19H24N4O3Si/c1-13-9-16(15-10-14(19(24)25)5-6-17(15)21-13)18-20-11-23(22-18)12-26-7-8-27(2,3)4/h5-6,9-11H,7-8,12H2,1-4H3,(H,24,25). The van der Waals surface area contributed by atoms with Crippen LogP contribution in [0.5, 0.6) is 0 Å². The Balaban J connectivity index is 1.86. The van der Waals surface area contributed by atoms with E-state index >= 15 is 0 Å². The molecule has 7 nitrogen and oxygen atoms in total. The predicted octanol–water partition coefficient (Wildman–Crippen LogP) is 3.81. The van der Waals surface area contributed by atoms with Gasteiger partial charge in [-0.05, 0) is 37.2 Å². The molecule has 0 saturated carbocycles. The molecule has 3 rings (SSSR count). The van der Waals surface area contributed by atoms with Crippen molar-refractivity contribution in [1.29, 1.82) is 0 Å². The molecule has 0 aliphatic heterocycles. The van der Waals surface area contributed by atoms with Crippen LogP contribution in [0, 0.1) is 6.92 Å². The Hall–Kier alpha value is -2.58. The third-order valence-electron chi connectivity index (χ3n) is 4.18. The molecular weight excluding hydrogens is 360 g/mol. The van der Waals surface area contributed by atoms with Crippen LogP contribution in [0.4, 0.5) is 0 Å². The lowest BCUT2D eigenvalue weighted by molar-refractivity contribution is 0.0697. The van der Waals surface area contributed by atoms with Crippen LogP contribution in [0.3, 0.4) is 0 Å². The van der Waals surface area contributed by atoms with Gasteiger partial charge in [0.05, 0.1) is 11.1 Å². The molecule has 0 fully saturated rings. The first kappa shape index (κ1) is 19.2. The minimum atomic E-state index is -1.12. The van der Waals surface area contributed by atoms with Gasteiger partial charge in [0.25, 0.3) is 0 Å². The highest BCUT2D eigenvalue weighted by atomic mass is 28.3. The number of nitrogens with zero attached hydrogens (tertiary/aromatic N) is 4. The number of carboxylic acid groups (broad SMARTS) is 1. The molecule has 1 N–H and O–H groups in total. The van der Waals surface area contributed by atoms with Gasteiger partial charge in [-0.3, -0.25) is 4.98 Å². The zero-order valence-corrected chi connectivity index (χ0v) is 17.1. The predicted molar refractivity (Wildman–Crippen MR) is 107 cm³/mol. The Bertz CT molecular complexity index is 979. The summed E-state index contributed by atoms with van der Waals surface area (Å²) in [6, 6.07) is 7.86. The number of hydrogen-bond acceptors (Lipinski definition) is 5. The van der Waals surface area contributed by atoms with Crippen molar-refractivity contribution in [3.63, 3.8) is 0 Å². The summed E-state index contributed by atoms with van der Waals surface area (Å²) in [6.45, 7) is 9.89. The zero-order valence-electron chi connectivity index (χ0n) is 16.1. The molecule has 0 unspecified atom stereocenters. The molecule has 0 spiro atoms. The first-order chi connectivity index (χ1) is 12.7. The van der Waals surface area contributed by atoms with Gasteiger partial charge >= 0.3 is 5.97 Å². The van der Waals surface area contributed by atoms with Crippen molar-refractivity contribution in [2.45, 2.75) is 39.3 Å². The Labute approximate surface area is 159 Å². The molecule has 0 radical (unpaired) electrons. The maximum Gasteiger partial charge on any atom is 0.335 e. The fraction of sp³-hybridized carbons (Fsp3) is 0.368. The van der Waals surface area contributed by atoms with Crippen LogP contribution in [0.1, 0.15) is 16.1 Å². The summed E-state index contributed by atoms with van der Waals surface area (Å²) in [5, 5.41) is 14.5. The van der Waals surface area contributed by atoms with Crippen LogP contribution in [-0.2, 0) is 11.5 Å². The summed E-state index contributed by atoms with van der Waals surface area (Å²) < 4.78 is 7.37. The number of aromatic nitrogens is 4. The average molecular weight is 385 g/mol. The number of fused-ring (bicyclic) bond motifs is 1. The molecule has 0 aliphatic rings. The van der Waals surface area contributed by atoms with E-state index in [2.05, 4.69) is 34.7 Å². The lowest BCUT2D eigenvalue weighted by Crippen LogP contribution is -2.22. The van der Waals surface area contributed by atoms with Crippen LogP contribution >= 0.6 is 0 Å². The number of ether oxygens (including phenoxy) is 1. The number of carbonyl (C=O) groups is 1. The molecule has 0 bridgehead atoms. The maximum absolute atomic E-state index is 11.3. The van der Waals surface area contributed by atoms with Crippen LogP contribution in [-0.4, -0.2) is 45.5 Å². The number of aromatic carboxylic acids is 1. The highest BCUT2D eigenvalue weighted by Crippen LogP contribution is 2.27. The molecular formula is C19H24N4O3Si. The van der Waals surface area contributed by atoms with Crippen molar-refractivity contribution in [2.75, 3.05) is 6.61 Å². The average Bonchev–Trinajstić information content (AvgIpc) is 3.05. The SMILES string of the molecule is Cc1cc(-c2ncn(COCC[Si](C)(C)C)n2)c2cc(C(=O)O)ccc2n1. The largest absolute Gasteiger partial charge is 0.478 e. The molecule has 2 heterocycles. The number of carboxylic acids is 1. The van der Waals surface area contributed by atoms with E-state index in [4.69, 9.17) is 4.74 Å². The van der Waals surface area contributed by atoms with Crippen molar-refractivity contribution in [1.82, 2.24) is 19.7 Å². The lowest BCUT2D eigenvalue weighted by Gasteiger charge is -2.15. The van der Waals surface area contributed by atoms with Crippen molar-refractivity contribution in [2.24, 2.45) is 0 Å². The van der Waals surface area contributed by atoms with E-state index < -0.39 is 14.0 Å². The highest BCUT2D eigenvalue weighted by molar-refractivity contribution is 6.76. The molecule has 27 heavy (non-hydrogen) atoms. The van der Waals surface area contributed by atoms with E-state index in [1.54, 1.807) is 29.2 Å². The van der Waals surface area contributed by atoms with E-state index in [1.807, 2.05) is 13.0 Å².